The molecule has 12 heavy (non-hydrogen) atoms. The van der Waals surface area contributed by atoms with Gasteiger partial charge in [-0.3, -0.25) is 4.79 Å². The Balaban J connectivity index is 2.29. The molecule has 6 heteroatoms. The van der Waals surface area contributed by atoms with E-state index in [1.54, 1.807) is 7.05 Å². The molecule has 0 aliphatic carbocycles. The third kappa shape index (κ3) is 2.75. The van der Waals surface area contributed by atoms with Gasteiger partial charge in [0.15, 0.2) is 11.6 Å². The van der Waals surface area contributed by atoms with Gasteiger partial charge in [-0.05, 0) is 12.1 Å². The summed E-state index contributed by atoms with van der Waals surface area (Å²) >= 11 is 0. The minimum absolute atomic E-state index is 0.0149. The first kappa shape index (κ1) is 8.79. The minimum atomic E-state index is -0.0149. The molecule has 1 aromatic rings. The van der Waals surface area contributed by atoms with Crippen LogP contribution in [0.5, 0.6) is 0 Å². The van der Waals surface area contributed by atoms with Gasteiger partial charge in [-0.1, -0.05) is 0 Å². The SMILES string of the molecule is CC(=O)COCc1nnn(C)n1. The van der Waals surface area contributed by atoms with E-state index in [4.69, 9.17) is 4.74 Å². The van der Waals surface area contributed by atoms with E-state index < -0.39 is 0 Å². The summed E-state index contributed by atoms with van der Waals surface area (Å²) in [7, 11) is 1.67. The lowest BCUT2D eigenvalue weighted by Crippen LogP contribution is -2.04. The highest BCUT2D eigenvalue weighted by atomic mass is 16.5. The van der Waals surface area contributed by atoms with Crippen LogP contribution < -0.4 is 0 Å². The second kappa shape index (κ2) is 3.91. The molecule has 0 atom stereocenters. The highest BCUT2D eigenvalue weighted by molar-refractivity contribution is 5.76. The number of rotatable bonds is 4. The van der Waals surface area contributed by atoms with Crippen molar-refractivity contribution in [3.8, 4) is 0 Å². The number of carbonyl (C=O) groups is 1. The average Bonchev–Trinajstić information content (AvgIpc) is 2.35. The Labute approximate surface area is 69.5 Å². The number of carbonyl (C=O) groups excluding carboxylic acids is 1. The summed E-state index contributed by atoms with van der Waals surface area (Å²) in [5.41, 5.74) is 0. The van der Waals surface area contributed by atoms with Gasteiger partial charge < -0.3 is 4.74 Å². The lowest BCUT2D eigenvalue weighted by Gasteiger charge is -1.94. The van der Waals surface area contributed by atoms with Crippen molar-refractivity contribution >= 4 is 5.78 Å². The fourth-order valence-electron chi connectivity index (χ4n) is 0.667. The van der Waals surface area contributed by atoms with Crippen molar-refractivity contribution in [2.75, 3.05) is 6.61 Å². The van der Waals surface area contributed by atoms with E-state index >= 15 is 0 Å². The summed E-state index contributed by atoms with van der Waals surface area (Å²) in [6, 6.07) is 0. The second-order valence-corrected chi connectivity index (χ2v) is 2.39. The van der Waals surface area contributed by atoms with Gasteiger partial charge in [0.2, 0.25) is 0 Å². The Kier molecular flexibility index (Phi) is 2.87. The van der Waals surface area contributed by atoms with Crippen molar-refractivity contribution in [2.24, 2.45) is 7.05 Å². The standard InChI is InChI=1S/C6H10N4O2/c1-5(11)3-12-4-6-7-9-10(2)8-6/h3-4H2,1-2H3. The van der Waals surface area contributed by atoms with Gasteiger partial charge in [-0.15, -0.1) is 10.2 Å². The molecule has 0 fully saturated rings. The van der Waals surface area contributed by atoms with E-state index in [-0.39, 0.29) is 19.0 Å². The van der Waals surface area contributed by atoms with Crippen molar-refractivity contribution in [1.29, 1.82) is 0 Å². The summed E-state index contributed by atoms with van der Waals surface area (Å²) in [5.74, 6) is 0.470. The Morgan fingerprint density at radius 3 is 2.92 bits per heavy atom. The molecule has 0 aliphatic heterocycles. The molecular weight excluding hydrogens is 160 g/mol. The average molecular weight is 170 g/mol. The maximum absolute atomic E-state index is 10.5. The van der Waals surface area contributed by atoms with E-state index in [1.807, 2.05) is 0 Å². The zero-order chi connectivity index (χ0) is 8.97. The van der Waals surface area contributed by atoms with Crippen molar-refractivity contribution < 1.29 is 9.53 Å². The van der Waals surface area contributed by atoms with Crippen molar-refractivity contribution in [1.82, 2.24) is 20.2 Å². The molecule has 0 unspecified atom stereocenters. The van der Waals surface area contributed by atoms with Crippen LogP contribution in [0.3, 0.4) is 0 Å². The van der Waals surface area contributed by atoms with E-state index in [0.29, 0.717) is 5.82 Å². The Morgan fingerprint density at radius 1 is 1.67 bits per heavy atom. The molecule has 0 spiro atoms. The number of ether oxygens (including phenoxy) is 1. The summed E-state index contributed by atoms with van der Waals surface area (Å²) in [4.78, 5) is 11.8. The number of hydrogen-bond donors (Lipinski definition) is 0. The smallest absolute Gasteiger partial charge is 0.200 e. The van der Waals surface area contributed by atoms with E-state index in [2.05, 4.69) is 15.4 Å². The first-order valence-corrected chi connectivity index (χ1v) is 3.48. The summed E-state index contributed by atoms with van der Waals surface area (Å²) < 4.78 is 4.97. The van der Waals surface area contributed by atoms with Crippen LogP contribution in [0.25, 0.3) is 0 Å². The van der Waals surface area contributed by atoms with Gasteiger partial charge in [0.05, 0.1) is 7.05 Å². The molecule has 0 radical (unpaired) electrons. The second-order valence-electron chi connectivity index (χ2n) is 2.39. The Hall–Kier alpha value is -1.30. The topological polar surface area (TPSA) is 69.9 Å². The fraction of sp³-hybridized carbons (Fsp3) is 0.667. The van der Waals surface area contributed by atoms with Crippen LogP contribution in [0.1, 0.15) is 12.7 Å². The molecule has 0 saturated carbocycles. The molecular formula is C6H10N4O2. The van der Waals surface area contributed by atoms with E-state index in [1.165, 1.54) is 11.7 Å². The van der Waals surface area contributed by atoms with Gasteiger partial charge in [0.1, 0.15) is 13.2 Å². The largest absolute Gasteiger partial charge is 0.366 e. The molecule has 0 amide bonds. The highest BCUT2D eigenvalue weighted by Crippen LogP contribution is 1.89. The monoisotopic (exact) mass is 170 g/mol. The van der Waals surface area contributed by atoms with Crippen LogP contribution in [0.15, 0.2) is 0 Å². The van der Waals surface area contributed by atoms with Crippen LogP contribution in [-0.4, -0.2) is 32.6 Å². The van der Waals surface area contributed by atoms with Gasteiger partial charge in [-0.2, -0.15) is 4.80 Å². The van der Waals surface area contributed by atoms with Crippen LogP contribution in [-0.2, 0) is 23.2 Å². The van der Waals surface area contributed by atoms with Crippen molar-refractivity contribution in [3.63, 3.8) is 0 Å². The van der Waals surface area contributed by atoms with Crippen molar-refractivity contribution in [2.45, 2.75) is 13.5 Å². The third-order valence-electron chi connectivity index (χ3n) is 1.09. The highest BCUT2D eigenvalue weighted by Gasteiger charge is 2.00. The maximum atomic E-state index is 10.5. The minimum Gasteiger partial charge on any atom is -0.366 e. The number of tetrazole rings is 1. The zero-order valence-electron chi connectivity index (χ0n) is 7.02. The molecule has 66 valence electrons. The predicted octanol–water partition coefficient (Wildman–Crippen LogP) is -0.684. The molecule has 0 N–H and O–H groups in total. The van der Waals surface area contributed by atoms with Gasteiger partial charge in [0, 0.05) is 0 Å². The molecule has 6 nitrogen and oxygen atoms in total. The number of hydrogen-bond acceptors (Lipinski definition) is 5. The number of aryl methyl sites for hydroxylation is 1. The first-order valence-electron chi connectivity index (χ1n) is 3.48. The normalized spacial score (nSPS) is 10.2. The lowest BCUT2D eigenvalue weighted by atomic mass is 10.5. The number of nitrogens with zero attached hydrogens (tertiary/aromatic N) is 4. The number of aromatic nitrogens is 4. The van der Waals surface area contributed by atoms with Gasteiger partial charge >= 0.3 is 0 Å². The predicted molar refractivity (Wildman–Crippen MR) is 39.1 cm³/mol. The molecule has 1 heterocycles. The van der Waals surface area contributed by atoms with Crippen LogP contribution in [0.4, 0.5) is 0 Å². The summed E-state index contributed by atoms with van der Waals surface area (Å²) in [6.07, 6.45) is 0. The van der Waals surface area contributed by atoms with Gasteiger partial charge in [-0.25, -0.2) is 0 Å². The quantitative estimate of drug-likeness (QED) is 0.598. The molecule has 1 rings (SSSR count). The molecule has 0 bridgehead atoms. The zero-order valence-corrected chi connectivity index (χ0v) is 7.02. The van der Waals surface area contributed by atoms with E-state index in [0.717, 1.165) is 0 Å². The van der Waals surface area contributed by atoms with Crippen LogP contribution in [0, 0.1) is 0 Å². The van der Waals surface area contributed by atoms with Crippen LogP contribution in [0.2, 0.25) is 0 Å². The summed E-state index contributed by atoms with van der Waals surface area (Å²) in [6.45, 7) is 1.79. The van der Waals surface area contributed by atoms with Gasteiger partial charge in [0.25, 0.3) is 0 Å². The van der Waals surface area contributed by atoms with Crippen molar-refractivity contribution in [3.05, 3.63) is 5.82 Å². The summed E-state index contributed by atoms with van der Waals surface area (Å²) in [5, 5.41) is 11.1. The number of Topliss-reactive ketones (excluding diaryl/α,β-unsaturated/α-hetero) is 1. The Morgan fingerprint density at radius 2 is 2.42 bits per heavy atom. The lowest BCUT2D eigenvalue weighted by molar-refractivity contribution is -0.121. The van der Waals surface area contributed by atoms with E-state index in [9.17, 15) is 4.79 Å². The maximum Gasteiger partial charge on any atom is 0.200 e. The molecule has 0 saturated heterocycles. The Bertz CT molecular complexity index is 270. The molecule has 1 aromatic heterocycles. The fourth-order valence-corrected chi connectivity index (χ4v) is 0.667. The third-order valence-corrected chi connectivity index (χ3v) is 1.09. The molecule has 0 aromatic carbocycles. The van der Waals surface area contributed by atoms with Crippen LogP contribution >= 0.6 is 0 Å². The molecule has 0 aliphatic rings. The number of ketones is 1. The first-order chi connectivity index (χ1) is 5.68.